The van der Waals surface area contributed by atoms with E-state index in [-0.39, 0.29) is 29.3 Å². The second kappa shape index (κ2) is 9.50. The summed E-state index contributed by atoms with van der Waals surface area (Å²) < 4.78 is 14.8. The molecule has 4 bridgehead atoms. The maximum Gasteiger partial charge on any atom is 0.299 e. The average molecular weight is 499 g/mol. The van der Waals surface area contributed by atoms with E-state index in [2.05, 4.69) is 42.4 Å². The predicted molar refractivity (Wildman–Crippen MR) is 147 cm³/mol. The number of terminal acetylenes is 1. The number of rotatable bonds is 6. The summed E-state index contributed by atoms with van der Waals surface area (Å²) in [6, 6.07) is 11.8. The van der Waals surface area contributed by atoms with Gasteiger partial charge in [-0.15, -0.1) is 6.42 Å². The van der Waals surface area contributed by atoms with Gasteiger partial charge in [0.2, 0.25) is 0 Å². The minimum Gasteiger partial charge on any atom is -0.380 e. The maximum atomic E-state index is 14.8. The zero-order chi connectivity index (χ0) is 25.7. The SMILES string of the molecule is C#CC(=O)N1C(c2ccc(NC34CC5CC(CC(C5)C3)C4)cc2)c2cc(F)c(C)cc2C[C@@H]1CCCC. The molecule has 3 nitrogen and oxygen atoms in total. The van der Waals surface area contributed by atoms with E-state index in [9.17, 15) is 9.18 Å². The molecule has 1 heterocycles. The van der Waals surface area contributed by atoms with E-state index in [0.717, 1.165) is 59.4 Å². The third-order valence-electron chi connectivity index (χ3n) is 9.77. The number of unbranched alkanes of at least 4 members (excludes halogenated alkanes) is 1. The molecule has 4 saturated carbocycles. The number of amides is 1. The molecule has 0 spiro atoms. The highest BCUT2D eigenvalue weighted by Crippen LogP contribution is 2.56. The van der Waals surface area contributed by atoms with Crippen LogP contribution in [0.25, 0.3) is 0 Å². The summed E-state index contributed by atoms with van der Waals surface area (Å²) in [4.78, 5) is 15.0. The van der Waals surface area contributed by atoms with Crippen LogP contribution in [0.1, 0.15) is 93.0 Å². The molecule has 1 amide bonds. The Morgan fingerprint density at radius 3 is 2.35 bits per heavy atom. The van der Waals surface area contributed by atoms with Gasteiger partial charge in [0, 0.05) is 17.3 Å². The van der Waals surface area contributed by atoms with Crippen molar-refractivity contribution in [2.24, 2.45) is 17.8 Å². The van der Waals surface area contributed by atoms with Gasteiger partial charge < -0.3 is 10.2 Å². The van der Waals surface area contributed by atoms with Crippen LogP contribution in [0.15, 0.2) is 36.4 Å². The average Bonchev–Trinajstić information content (AvgIpc) is 2.86. The fourth-order valence-electron chi connectivity index (χ4n) is 8.60. The maximum absolute atomic E-state index is 14.8. The minimum absolute atomic E-state index is 0.00990. The van der Waals surface area contributed by atoms with E-state index in [1.54, 1.807) is 6.07 Å². The van der Waals surface area contributed by atoms with E-state index in [0.29, 0.717) is 12.0 Å². The minimum atomic E-state index is -0.377. The summed E-state index contributed by atoms with van der Waals surface area (Å²) in [5.41, 5.74) is 5.02. The molecule has 1 aliphatic heterocycles. The first-order chi connectivity index (χ1) is 17.9. The highest BCUT2D eigenvalue weighted by atomic mass is 19.1. The van der Waals surface area contributed by atoms with Crippen LogP contribution in [0.4, 0.5) is 10.1 Å². The van der Waals surface area contributed by atoms with Crippen LogP contribution >= 0.6 is 0 Å². The van der Waals surface area contributed by atoms with Crippen molar-refractivity contribution in [2.75, 3.05) is 5.32 Å². The van der Waals surface area contributed by atoms with Gasteiger partial charge in [0.15, 0.2) is 0 Å². The fraction of sp³-hybridized carbons (Fsp3) is 0.545. The molecule has 4 heteroatoms. The van der Waals surface area contributed by atoms with Gasteiger partial charge in [0.25, 0.3) is 5.91 Å². The number of hydrogen-bond donors (Lipinski definition) is 1. The summed E-state index contributed by atoms with van der Waals surface area (Å²) in [6.07, 6.45) is 17.5. The lowest BCUT2D eigenvalue weighted by atomic mass is 9.53. The van der Waals surface area contributed by atoms with E-state index < -0.39 is 0 Å². The van der Waals surface area contributed by atoms with Gasteiger partial charge in [-0.3, -0.25) is 4.79 Å². The molecule has 0 radical (unpaired) electrons. The van der Waals surface area contributed by atoms with Gasteiger partial charge in [0.1, 0.15) is 5.82 Å². The Morgan fingerprint density at radius 2 is 1.76 bits per heavy atom. The molecule has 2 aromatic carbocycles. The van der Waals surface area contributed by atoms with Gasteiger partial charge in [0.05, 0.1) is 6.04 Å². The van der Waals surface area contributed by atoms with Crippen molar-refractivity contribution < 1.29 is 9.18 Å². The number of halogens is 1. The van der Waals surface area contributed by atoms with Crippen molar-refractivity contribution >= 4 is 11.6 Å². The smallest absolute Gasteiger partial charge is 0.299 e. The number of anilines is 1. The van der Waals surface area contributed by atoms with Crippen molar-refractivity contribution in [1.82, 2.24) is 4.90 Å². The third kappa shape index (κ3) is 4.45. The van der Waals surface area contributed by atoms with Crippen LogP contribution in [-0.2, 0) is 11.2 Å². The summed E-state index contributed by atoms with van der Waals surface area (Å²) in [5.74, 6) is 4.49. The lowest BCUT2D eigenvalue weighted by Gasteiger charge is -2.57. The highest BCUT2D eigenvalue weighted by molar-refractivity contribution is 5.94. The predicted octanol–water partition coefficient (Wildman–Crippen LogP) is 7.18. The Hall–Kier alpha value is -2.80. The van der Waals surface area contributed by atoms with Gasteiger partial charge in [-0.05, 0) is 122 Å². The van der Waals surface area contributed by atoms with E-state index in [4.69, 9.17) is 6.42 Å². The number of hydrogen-bond acceptors (Lipinski definition) is 2. The quantitative estimate of drug-likeness (QED) is 0.428. The molecule has 1 N–H and O–H groups in total. The molecule has 194 valence electrons. The molecule has 5 aliphatic rings. The largest absolute Gasteiger partial charge is 0.380 e. The summed E-state index contributed by atoms with van der Waals surface area (Å²) in [6.45, 7) is 3.98. The van der Waals surface area contributed by atoms with Gasteiger partial charge in [-0.2, -0.15) is 0 Å². The Morgan fingerprint density at radius 1 is 1.11 bits per heavy atom. The van der Waals surface area contributed by atoms with Crippen molar-refractivity contribution in [2.45, 2.75) is 95.7 Å². The number of fused-ring (bicyclic) bond motifs is 1. The Kier molecular flexibility index (Phi) is 6.30. The lowest BCUT2D eigenvalue weighted by molar-refractivity contribution is -0.130. The number of benzene rings is 2. The van der Waals surface area contributed by atoms with Crippen LogP contribution in [0, 0.1) is 42.8 Å². The van der Waals surface area contributed by atoms with E-state index in [1.165, 1.54) is 38.5 Å². The lowest BCUT2D eigenvalue weighted by Crippen LogP contribution is -2.54. The molecule has 37 heavy (non-hydrogen) atoms. The van der Waals surface area contributed by atoms with Crippen molar-refractivity contribution in [3.05, 3.63) is 64.5 Å². The van der Waals surface area contributed by atoms with Crippen molar-refractivity contribution in [3.8, 4) is 12.3 Å². The first-order valence-corrected chi connectivity index (χ1v) is 14.3. The van der Waals surface area contributed by atoms with Crippen LogP contribution in [-0.4, -0.2) is 22.4 Å². The number of carbonyl (C=O) groups is 1. The number of aryl methyl sites for hydroxylation is 1. The van der Waals surface area contributed by atoms with Crippen molar-refractivity contribution in [3.63, 3.8) is 0 Å². The highest BCUT2D eigenvalue weighted by Gasteiger charge is 2.51. The second-order valence-electron chi connectivity index (χ2n) is 12.5. The van der Waals surface area contributed by atoms with Crippen LogP contribution < -0.4 is 5.32 Å². The van der Waals surface area contributed by atoms with E-state index >= 15 is 0 Å². The number of nitrogens with zero attached hydrogens (tertiary/aromatic N) is 1. The van der Waals surface area contributed by atoms with Gasteiger partial charge >= 0.3 is 0 Å². The normalized spacial score (nSPS) is 31.6. The molecular weight excluding hydrogens is 459 g/mol. The Labute approximate surface area is 221 Å². The Balaban J connectivity index is 1.34. The second-order valence-corrected chi connectivity index (χ2v) is 12.5. The Bertz CT molecular complexity index is 1190. The molecule has 0 aromatic heterocycles. The fourth-order valence-corrected chi connectivity index (χ4v) is 8.60. The number of carbonyl (C=O) groups excluding carboxylic acids is 1. The molecule has 7 rings (SSSR count). The molecule has 0 saturated heterocycles. The van der Waals surface area contributed by atoms with E-state index in [1.807, 2.05) is 17.9 Å². The summed E-state index contributed by atoms with van der Waals surface area (Å²) in [7, 11) is 0. The number of nitrogens with one attached hydrogen (secondary N) is 1. The monoisotopic (exact) mass is 498 g/mol. The van der Waals surface area contributed by atoms with Gasteiger partial charge in [-0.1, -0.05) is 38.0 Å². The summed E-state index contributed by atoms with van der Waals surface area (Å²) >= 11 is 0. The first-order valence-electron chi connectivity index (χ1n) is 14.3. The molecule has 4 fully saturated rings. The van der Waals surface area contributed by atoms with Crippen LogP contribution in [0.3, 0.4) is 0 Å². The standard InChI is InChI=1S/C33H39FN2O/c1-4-6-7-28-16-26-12-21(3)30(34)17-29(26)32(36(28)31(37)5-2)25-8-10-27(11-9-25)35-33-18-22-13-23(19-33)15-24(14-22)20-33/h2,8-12,17,22-24,28,32,35H,4,6-7,13-16,18-20H2,1,3H3/t22?,23?,24?,28-,32?,33?/m0/s1. The van der Waals surface area contributed by atoms with Crippen LogP contribution in [0.2, 0.25) is 0 Å². The molecule has 1 unspecified atom stereocenters. The molecular formula is C33H39FN2O. The molecule has 2 aromatic rings. The molecule has 4 aliphatic carbocycles. The molecule has 2 atom stereocenters. The topological polar surface area (TPSA) is 32.3 Å². The zero-order valence-electron chi connectivity index (χ0n) is 22.2. The van der Waals surface area contributed by atoms with Crippen LogP contribution in [0.5, 0.6) is 0 Å². The third-order valence-corrected chi connectivity index (χ3v) is 9.77. The zero-order valence-corrected chi connectivity index (χ0v) is 22.2. The van der Waals surface area contributed by atoms with Gasteiger partial charge in [-0.25, -0.2) is 4.39 Å². The first kappa shape index (κ1) is 24.5. The van der Waals surface area contributed by atoms with Crippen molar-refractivity contribution in [1.29, 1.82) is 0 Å². The summed E-state index contributed by atoms with van der Waals surface area (Å²) in [5, 5.41) is 3.96.